The van der Waals surface area contributed by atoms with Gasteiger partial charge in [-0.2, -0.15) is 0 Å². The van der Waals surface area contributed by atoms with Gasteiger partial charge in [-0.15, -0.1) is 0 Å². The Kier molecular flexibility index (Phi) is 5.46. The molecule has 3 N–H and O–H groups in total. The molecule has 2 aromatic rings. The van der Waals surface area contributed by atoms with Gasteiger partial charge in [0.15, 0.2) is 5.75 Å². The molecule has 24 heavy (non-hydrogen) atoms. The van der Waals surface area contributed by atoms with Crippen molar-refractivity contribution in [1.29, 1.82) is 0 Å². The van der Waals surface area contributed by atoms with Crippen molar-refractivity contribution in [1.82, 2.24) is 0 Å². The summed E-state index contributed by atoms with van der Waals surface area (Å²) in [7, 11) is 0. The molecule has 0 aliphatic heterocycles. The van der Waals surface area contributed by atoms with Crippen molar-refractivity contribution >= 4 is 29.2 Å². The number of rotatable bonds is 5. The number of aromatic hydroxyl groups is 1. The molecule has 0 fully saturated rings. The highest BCUT2D eigenvalue weighted by atomic mass is 35.5. The van der Waals surface area contributed by atoms with Gasteiger partial charge in [-0.1, -0.05) is 37.6 Å². The second kappa shape index (κ2) is 7.36. The monoisotopic (exact) mass is 347 g/mol. The Bertz CT molecular complexity index is 802. The molecule has 6 heteroatoms. The van der Waals surface area contributed by atoms with E-state index in [1.807, 2.05) is 19.9 Å². The maximum absolute atomic E-state index is 12.6. The smallest absolute Gasteiger partial charge is 0.341 e. The summed E-state index contributed by atoms with van der Waals surface area (Å²) < 4.78 is 0. The number of nitrogens with one attached hydrogen (secondary N) is 1. The fraction of sp³-hybridized carbons (Fsp3) is 0.222. The van der Waals surface area contributed by atoms with Gasteiger partial charge in [0.05, 0.1) is 10.7 Å². The predicted molar refractivity (Wildman–Crippen MR) is 93.2 cm³/mol. The third-order valence-electron chi connectivity index (χ3n) is 3.84. The van der Waals surface area contributed by atoms with Crippen LogP contribution in [0.25, 0.3) is 0 Å². The molecule has 0 aliphatic rings. The first kappa shape index (κ1) is 17.8. The van der Waals surface area contributed by atoms with Gasteiger partial charge in [-0.05, 0) is 42.2 Å². The number of carbonyl (C=O) groups is 2. The second-order valence-corrected chi connectivity index (χ2v) is 5.64. The lowest BCUT2D eigenvalue weighted by Crippen LogP contribution is -2.17. The molecule has 0 saturated heterocycles. The molecule has 0 spiro atoms. The zero-order valence-corrected chi connectivity index (χ0v) is 14.1. The van der Waals surface area contributed by atoms with Crippen molar-refractivity contribution in [2.24, 2.45) is 0 Å². The van der Waals surface area contributed by atoms with Gasteiger partial charge in [0, 0.05) is 5.56 Å². The summed E-state index contributed by atoms with van der Waals surface area (Å²) in [6, 6.07) is 8.15. The molecule has 2 aromatic carbocycles. The van der Waals surface area contributed by atoms with Gasteiger partial charge >= 0.3 is 5.97 Å². The second-order valence-electron chi connectivity index (χ2n) is 5.23. The molecular weight excluding hydrogens is 330 g/mol. The maximum atomic E-state index is 12.6. The number of hydrogen-bond donors (Lipinski definition) is 3. The van der Waals surface area contributed by atoms with Crippen LogP contribution in [0.15, 0.2) is 30.3 Å². The SMILES string of the molecule is CCc1cccc(C(=O)Nc2ccc(Cl)c(O)c2C(=O)O)c1CC. The first-order valence-electron chi connectivity index (χ1n) is 7.57. The molecule has 0 atom stereocenters. The normalized spacial score (nSPS) is 10.5. The third kappa shape index (κ3) is 3.36. The zero-order chi connectivity index (χ0) is 17.9. The van der Waals surface area contributed by atoms with Crippen LogP contribution in [0.3, 0.4) is 0 Å². The molecule has 2 rings (SSSR count). The summed E-state index contributed by atoms with van der Waals surface area (Å²) >= 11 is 5.74. The van der Waals surface area contributed by atoms with Crippen LogP contribution in [0, 0.1) is 0 Å². The van der Waals surface area contributed by atoms with Crippen LogP contribution >= 0.6 is 11.6 Å². The Hall–Kier alpha value is -2.53. The fourth-order valence-electron chi connectivity index (χ4n) is 2.67. The fourth-order valence-corrected chi connectivity index (χ4v) is 2.83. The van der Waals surface area contributed by atoms with Gasteiger partial charge in [0.2, 0.25) is 0 Å². The van der Waals surface area contributed by atoms with Crippen LogP contribution in [0.5, 0.6) is 5.75 Å². The minimum absolute atomic E-state index is 0.00152. The summed E-state index contributed by atoms with van der Waals surface area (Å²) in [5, 5.41) is 21.6. The van der Waals surface area contributed by atoms with Crippen molar-refractivity contribution in [2.75, 3.05) is 5.32 Å². The number of phenols is 1. The van der Waals surface area contributed by atoms with E-state index < -0.39 is 23.2 Å². The Morgan fingerprint density at radius 2 is 1.83 bits per heavy atom. The van der Waals surface area contributed by atoms with Crippen molar-refractivity contribution in [3.8, 4) is 5.75 Å². The zero-order valence-electron chi connectivity index (χ0n) is 13.4. The molecule has 0 radical (unpaired) electrons. The molecule has 0 unspecified atom stereocenters. The first-order valence-corrected chi connectivity index (χ1v) is 7.95. The number of halogens is 1. The molecule has 126 valence electrons. The molecule has 5 nitrogen and oxygen atoms in total. The number of carbonyl (C=O) groups excluding carboxylic acids is 1. The Balaban J connectivity index is 2.45. The van der Waals surface area contributed by atoms with Crippen LogP contribution in [0.2, 0.25) is 5.02 Å². The van der Waals surface area contributed by atoms with Crippen LogP contribution in [0.4, 0.5) is 5.69 Å². The molecule has 0 saturated carbocycles. The summed E-state index contributed by atoms with van der Waals surface area (Å²) in [4.78, 5) is 24.0. The van der Waals surface area contributed by atoms with E-state index in [1.165, 1.54) is 12.1 Å². The van der Waals surface area contributed by atoms with Crippen molar-refractivity contribution in [3.63, 3.8) is 0 Å². The van der Waals surface area contributed by atoms with Crippen molar-refractivity contribution in [2.45, 2.75) is 26.7 Å². The minimum Gasteiger partial charge on any atom is -0.505 e. The molecule has 0 bridgehead atoms. The lowest BCUT2D eigenvalue weighted by molar-refractivity contribution is 0.0695. The van der Waals surface area contributed by atoms with Gasteiger partial charge in [0.1, 0.15) is 5.56 Å². The average molecular weight is 348 g/mol. The van der Waals surface area contributed by atoms with Crippen LogP contribution in [-0.2, 0) is 12.8 Å². The Morgan fingerprint density at radius 3 is 2.42 bits per heavy atom. The quantitative estimate of drug-likeness (QED) is 0.759. The standard InChI is InChI=1S/C18H18ClNO4/c1-3-10-6-5-7-12(11(10)4-2)17(22)20-14-9-8-13(19)16(21)15(14)18(23)24/h5-9,21H,3-4H2,1-2H3,(H,20,22)(H,23,24). The number of aromatic carboxylic acids is 1. The van der Waals surface area contributed by atoms with E-state index in [0.29, 0.717) is 12.0 Å². The molecule has 0 heterocycles. The lowest BCUT2D eigenvalue weighted by atomic mass is 9.96. The summed E-state index contributed by atoms with van der Waals surface area (Å²) in [6.07, 6.45) is 1.48. The van der Waals surface area contributed by atoms with E-state index in [0.717, 1.165) is 17.5 Å². The van der Waals surface area contributed by atoms with Gasteiger partial charge in [-0.25, -0.2) is 4.79 Å². The van der Waals surface area contributed by atoms with Gasteiger partial charge < -0.3 is 15.5 Å². The lowest BCUT2D eigenvalue weighted by Gasteiger charge is -2.14. The van der Waals surface area contributed by atoms with E-state index in [9.17, 15) is 19.8 Å². The molecule has 0 aromatic heterocycles. The Morgan fingerprint density at radius 1 is 1.12 bits per heavy atom. The number of aryl methyl sites for hydroxylation is 1. The summed E-state index contributed by atoms with van der Waals surface area (Å²) in [6.45, 7) is 3.97. The molecular formula is C18H18ClNO4. The highest BCUT2D eigenvalue weighted by molar-refractivity contribution is 6.33. The number of amides is 1. The average Bonchev–Trinajstić information content (AvgIpc) is 2.56. The maximum Gasteiger partial charge on any atom is 0.341 e. The van der Waals surface area contributed by atoms with E-state index in [4.69, 9.17) is 11.6 Å². The van der Waals surface area contributed by atoms with E-state index in [2.05, 4.69) is 5.32 Å². The topological polar surface area (TPSA) is 86.6 Å². The van der Waals surface area contributed by atoms with Crippen LogP contribution in [-0.4, -0.2) is 22.1 Å². The number of carboxylic acids is 1. The molecule has 0 aliphatic carbocycles. The van der Waals surface area contributed by atoms with Crippen molar-refractivity contribution in [3.05, 3.63) is 57.6 Å². The number of carboxylic acid groups (broad SMARTS) is 1. The van der Waals surface area contributed by atoms with Crippen LogP contribution < -0.4 is 5.32 Å². The van der Waals surface area contributed by atoms with Gasteiger partial charge in [-0.3, -0.25) is 4.79 Å². The first-order chi connectivity index (χ1) is 11.4. The highest BCUT2D eigenvalue weighted by Gasteiger charge is 2.21. The largest absolute Gasteiger partial charge is 0.505 e. The minimum atomic E-state index is -1.37. The van der Waals surface area contributed by atoms with Crippen LogP contribution in [0.1, 0.15) is 45.7 Å². The number of benzene rings is 2. The van der Waals surface area contributed by atoms with E-state index in [1.54, 1.807) is 12.1 Å². The molecule has 1 amide bonds. The Labute approximate surface area is 144 Å². The predicted octanol–water partition coefficient (Wildman–Crippen LogP) is 4.12. The highest BCUT2D eigenvalue weighted by Crippen LogP contribution is 2.33. The van der Waals surface area contributed by atoms with Gasteiger partial charge in [0.25, 0.3) is 5.91 Å². The number of hydrogen-bond acceptors (Lipinski definition) is 3. The summed E-state index contributed by atoms with van der Waals surface area (Å²) in [5.41, 5.74) is 2.05. The van der Waals surface area contributed by atoms with Crippen molar-refractivity contribution < 1.29 is 19.8 Å². The number of anilines is 1. The van der Waals surface area contributed by atoms with E-state index in [-0.39, 0.29) is 10.7 Å². The van der Waals surface area contributed by atoms with E-state index >= 15 is 0 Å². The summed E-state index contributed by atoms with van der Waals surface area (Å²) in [5.74, 6) is -2.37. The third-order valence-corrected chi connectivity index (χ3v) is 4.15.